The average molecular weight is 396 g/mol. The van der Waals surface area contributed by atoms with Gasteiger partial charge in [0.1, 0.15) is 5.02 Å². The van der Waals surface area contributed by atoms with Crippen molar-refractivity contribution in [3.8, 4) is 5.75 Å². The summed E-state index contributed by atoms with van der Waals surface area (Å²) < 4.78 is 10.2. The zero-order chi connectivity index (χ0) is 17.9. The minimum absolute atomic E-state index is 0.0613. The van der Waals surface area contributed by atoms with Crippen LogP contribution in [0.4, 0.5) is 0 Å². The number of halogens is 3. The monoisotopic (exact) mass is 394 g/mol. The van der Waals surface area contributed by atoms with Gasteiger partial charge in [0.25, 0.3) is 0 Å². The summed E-state index contributed by atoms with van der Waals surface area (Å²) in [7, 11) is 0. The van der Waals surface area contributed by atoms with E-state index in [0.717, 1.165) is 19.3 Å². The van der Waals surface area contributed by atoms with E-state index in [2.05, 4.69) is 6.92 Å². The fourth-order valence-electron chi connectivity index (χ4n) is 1.92. The fraction of sp³-hybridized carbons (Fsp3) is 0.529. The molecule has 0 unspecified atom stereocenters. The molecule has 0 saturated carbocycles. The second kappa shape index (κ2) is 11.6. The number of ether oxygens (including phenoxy) is 2. The first-order chi connectivity index (χ1) is 11.5. The van der Waals surface area contributed by atoms with E-state index in [1.165, 1.54) is 12.1 Å². The molecule has 134 valence electrons. The lowest BCUT2D eigenvalue weighted by atomic mass is 10.2. The lowest BCUT2D eigenvalue weighted by Crippen LogP contribution is -2.09. The minimum atomic E-state index is -0.475. The fourth-order valence-corrected chi connectivity index (χ4v) is 2.51. The Morgan fingerprint density at radius 2 is 1.54 bits per heavy atom. The molecule has 0 bridgehead atoms. The first kappa shape index (κ1) is 21.1. The summed E-state index contributed by atoms with van der Waals surface area (Å²) in [6, 6.07) is 3.03. The molecule has 0 aromatic heterocycles. The van der Waals surface area contributed by atoms with Crippen molar-refractivity contribution in [1.82, 2.24) is 0 Å². The van der Waals surface area contributed by atoms with Crippen molar-refractivity contribution in [2.24, 2.45) is 0 Å². The Morgan fingerprint density at radius 1 is 0.917 bits per heavy atom. The van der Waals surface area contributed by atoms with Crippen LogP contribution >= 0.6 is 34.8 Å². The summed E-state index contributed by atoms with van der Waals surface area (Å²) >= 11 is 17.8. The van der Waals surface area contributed by atoms with Crippen LogP contribution in [0.3, 0.4) is 0 Å². The maximum Gasteiger partial charge on any atom is 0.311 e. The highest BCUT2D eigenvalue weighted by Crippen LogP contribution is 2.38. The van der Waals surface area contributed by atoms with Gasteiger partial charge >= 0.3 is 11.9 Å². The molecule has 0 atom stereocenters. The number of rotatable bonds is 10. The van der Waals surface area contributed by atoms with Gasteiger partial charge < -0.3 is 9.47 Å². The summed E-state index contributed by atoms with van der Waals surface area (Å²) in [6.07, 6.45) is 4.53. The number of esters is 2. The number of unbranched alkanes of at least 4 members (excludes halogenated alkanes) is 3. The summed E-state index contributed by atoms with van der Waals surface area (Å²) in [5, 5.41) is 0.580. The smallest absolute Gasteiger partial charge is 0.311 e. The van der Waals surface area contributed by atoms with E-state index < -0.39 is 5.97 Å². The van der Waals surface area contributed by atoms with Gasteiger partial charge in [-0.25, -0.2) is 0 Å². The number of benzene rings is 1. The standard InChI is InChI=1S/C17H21Cl3O4/c1-2-3-6-11-23-14(21)7-4-5-8-15(22)24-17-13(19)10-9-12(18)16(17)20/h9-10H,2-8,11H2,1H3. The predicted octanol–water partition coefficient (Wildman–Crippen LogP) is 5.85. The van der Waals surface area contributed by atoms with Crippen LogP contribution in [0.2, 0.25) is 15.1 Å². The summed E-state index contributed by atoms with van der Waals surface area (Å²) in [5.41, 5.74) is 0. The van der Waals surface area contributed by atoms with E-state index in [-0.39, 0.29) is 39.6 Å². The normalized spacial score (nSPS) is 10.5. The van der Waals surface area contributed by atoms with Gasteiger partial charge in [-0.1, -0.05) is 54.6 Å². The highest BCUT2D eigenvalue weighted by molar-refractivity contribution is 6.44. The van der Waals surface area contributed by atoms with Crippen molar-refractivity contribution in [2.45, 2.75) is 51.9 Å². The third-order valence-corrected chi connectivity index (χ3v) is 4.33. The maximum absolute atomic E-state index is 11.8. The molecule has 1 aromatic carbocycles. The van der Waals surface area contributed by atoms with Gasteiger partial charge in [-0.2, -0.15) is 0 Å². The van der Waals surface area contributed by atoms with E-state index in [0.29, 0.717) is 19.4 Å². The van der Waals surface area contributed by atoms with Crippen LogP contribution in [0.5, 0.6) is 5.75 Å². The number of carbonyl (C=O) groups is 2. The molecule has 0 saturated heterocycles. The molecule has 0 heterocycles. The lowest BCUT2D eigenvalue weighted by molar-refractivity contribution is -0.144. The first-order valence-corrected chi connectivity index (χ1v) is 9.09. The topological polar surface area (TPSA) is 52.6 Å². The van der Waals surface area contributed by atoms with Gasteiger partial charge in [0.15, 0.2) is 5.75 Å². The highest BCUT2D eigenvalue weighted by atomic mass is 35.5. The first-order valence-electron chi connectivity index (χ1n) is 7.95. The van der Waals surface area contributed by atoms with Crippen LogP contribution in [0.1, 0.15) is 51.9 Å². The molecule has 0 N–H and O–H groups in total. The average Bonchev–Trinajstić information content (AvgIpc) is 2.56. The van der Waals surface area contributed by atoms with Crippen molar-refractivity contribution in [1.29, 1.82) is 0 Å². The van der Waals surface area contributed by atoms with E-state index in [1.54, 1.807) is 0 Å². The third kappa shape index (κ3) is 7.73. The van der Waals surface area contributed by atoms with Gasteiger partial charge in [-0.05, 0) is 31.4 Å². The molecule has 0 aliphatic carbocycles. The quantitative estimate of drug-likeness (QED) is 0.216. The highest BCUT2D eigenvalue weighted by Gasteiger charge is 2.15. The molecule has 0 fully saturated rings. The summed E-state index contributed by atoms with van der Waals surface area (Å²) in [5.74, 6) is -0.649. The third-order valence-electron chi connectivity index (χ3n) is 3.24. The van der Waals surface area contributed by atoms with Crippen molar-refractivity contribution in [3.05, 3.63) is 27.2 Å². The molecule has 1 aromatic rings. The summed E-state index contributed by atoms with van der Waals surface area (Å²) in [6.45, 7) is 2.55. The zero-order valence-corrected chi connectivity index (χ0v) is 15.8. The van der Waals surface area contributed by atoms with Crippen molar-refractivity contribution in [3.63, 3.8) is 0 Å². The van der Waals surface area contributed by atoms with Gasteiger partial charge in [0.2, 0.25) is 0 Å². The Morgan fingerprint density at radius 3 is 2.21 bits per heavy atom. The predicted molar refractivity (Wildman–Crippen MR) is 96.1 cm³/mol. The van der Waals surface area contributed by atoms with Crippen LogP contribution in [0, 0.1) is 0 Å². The molecule has 7 heteroatoms. The Hall–Kier alpha value is -0.970. The van der Waals surface area contributed by atoms with Gasteiger partial charge in [-0.15, -0.1) is 0 Å². The van der Waals surface area contributed by atoms with Crippen molar-refractivity contribution >= 4 is 46.7 Å². The number of hydrogen-bond acceptors (Lipinski definition) is 4. The van der Waals surface area contributed by atoms with Crippen molar-refractivity contribution in [2.75, 3.05) is 6.61 Å². The van der Waals surface area contributed by atoms with Crippen LogP contribution in [-0.2, 0) is 14.3 Å². The van der Waals surface area contributed by atoms with Crippen LogP contribution < -0.4 is 4.74 Å². The zero-order valence-electron chi connectivity index (χ0n) is 13.6. The minimum Gasteiger partial charge on any atom is -0.466 e. The van der Waals surface area contributed by atoms with Crippen molar-refractivity contribution < 1.29 is 19.1 Å². The SMILES string of the molecule is CCCCCOC(=O)CCCCC(=O)Oc1c(Cl)ccc(Cl)c1Cl. The molecule has 0 aliphatic heterocycles. The largest absolute Gasteiger partial charge is 0.466 e. The van der Waals surface area contributed by atoms with E-state index in [4.69, 9.17) is 44.3 Å². The lowest BCUT2D eigenvalue weighted by Gasteiger charge is -2.09. The number of hydrogen-bond donors (Lipinski definition) is 0. The second-order valence-corrected chi connectivity index (χ2v) is 6.47. The Bertz CT molecular complexity index is 561. The Kier molecular flexibility index (Phi) is 10.2. The molecular weight excluding hydrogens is 375 g/mol. The van der Waals surface area contributed by atoms with Crippen LogP contribution in [0.25, 0.3) is 0 Å². The van der Waals surface area contributed by atoms with Gasteiger partial charge in [0.05, 0.1) is 16.7 Å². The van der Waals surface area contributed by atoms with Crippen LogP contribution in [-0.4, -0.2) is 18.5 Å². The Labute approximate surface area is 157 Å². The molecule has 0 radical (unpaired) electrons. The van der Waals surface area contributed by atoms with Gasteiger partial charge in [0, 0.05) is 12.8 Å². The van der Waals surface area contributed by atoms with E-state index >= 15 is 0 Å². The second-order valence-electron chi connectivity index (χ2n) is 5.28. The molecule has 4 nitrogen and oxygen atoms in total. The molecular formula is C17H21Cl3O4. The molecule has 0 aliphatic rings. The molecule has 24 heavy (non-hydrogen) atoms. The molecule has 1 rings (SSSR count). The van der Waals surface area contributed by atoms with Crippen LogP contribution in [0.15, 0.2) is 12.1 Å². The van der Waals surface area contributed by atoms with E-state index in [1.807, 2.05) is 0 Å². The molecule has 0 amide bonds. The number of carbonyl (C=O) groups excluding carboxylic acids is 2. The molecule has 0 spiro atoms. The maximum atomic E-state index is 11.8. The van der Waals surface area contributed by atoms with E-state index in [9.17, 15) is 9.59 Å². The summed E-state index contributed by atoms with van der Waals surface area (Å²) in [4.78, 5) is 23.3. The van der Waals surface area contributed by atoms with Gasteiger partial charge in [-0.3, -0.25) is 9.59 Å². The Balaban J connectivity index is 2.25.